The molecule has 0 saturated heterocycles. The number of thiazole rings is 1. The molecule has 0 amide bonds. The molecule has 0 aliphatic carbocycles. The fourth-order valence-corrected chi connectivity index (χ4v) is 1.75. The fourth-order valence-electron chi connectivity index (χ4n) is 1.27. The van der Waals surface area contributed by atoms with Gasteiger partial charge in [0, 0.05) is 37.6 Å². The molecular formula is C12H13N3S. The summed E-state index contributed by atoms with van der Waals surface area (Å²) in [5.74, 6) is 0. The van der Waals surface area contributed by atoms with Crippen LogP contribution in [0.25, 0.3) is 0 Å². The molecule has 82 valence electrons. The van der Waals surface area contributed by atoms with Crippen LogP contribution in [0.2, 0.25) is 0 Å². The predicted molar refractivity (Wildman–Crippen MR) is 70.1 cm³/mol. The van der Waals surface area contributed by atoms with Gasteiger partial charge in [0.1, 0.15) is 0 Å². The van der Waals surface area contributed by atoms with Gasteiger partial charge >= 0.3 is 0 Å². The zero-order valence-corrected chi connectivity index (χ0v) is 10.1. The molecule has 0 radical (unpaired) electrons. The minimum atomic E-state index is 0.789. The molecule has 2 rings (SSSR count). The number of aliphatic imine (C=N–C) groups is 1. The topological polar surface area (TPSA) is 28.5 Å². The molecule has 0 atom stereocenters. The van der Waals surface area contributed by atoms with Gasteiger partial charge in [0.25, 0.3) is 0 Å². The molecule has 3 nitrogen and oxygen atoms in total. The van der Waals surface area contributed by atoms with Crippen LogP contribution in [-0.2, 0) is 0 Å². The standard InChI is InChI=1S/C12H13N3S/c1-15(2)11-5-3-10(4-6-11)9-14-12-13-7-8-16-12/h3-9H,1-2H3/b14-9+. The van der Waals surface area contributed by atoms with Gasteiger partial charge in [0.2, 0.25) is 5.13 Å². The van der Waals surface area contributed by atoms with Gasteiger partial charge in [-0.3, -0.25) is 0 Å². The van der Waals surface area contributed by atoms with Crippen LogP contribution in [0.1, 0.15) is 5.56 Å². The van der Waals surface area contributed by atoms with Crippen molar-refractivity contribution in [1.82, 2.24) is 4.98 Å². The van der Waals surface area contributed by atoms with Crippen LogP contribution in [0.4, 0.5) is 10.8 Å². The van der Waals surface area contributed by atoms with Crippen molar-refractivity contribution in [2.24, 2.45) is 4.99 Å². The third-order valence-electron chi connectivity index (χ3n) is 2.15. The van der Waals surface area contributed by atoms with Gasteiger partial charge in [-0.25, -0.2) is 9.98 Å². The lowest BCUT2D eigenvalue weighted by Gasteiger charge is -2.11. The van der Waals surface area contributed by atoms with E-state index in [9.17, 15) is 0 Å². The molecule has 4 heteroatoms. The zero-order chi connectivity index (χ0) is 11.4. The Morgan fingerprint density at radius 2 is 2.00 bits per heavy atom. The Kier molecular flexibility index (Phi) is 3.31. The van der Waals surface area contributed by atoms with Crippen LogP contribution >= 0.6 is 11.3 Å². The molecule has 2 aromatic rings. The Morgan fingerprint density at radius 3 is 2.56 bits per heavy atom. The maximum atomic E-state index is 4.28. The lowest BCUT2D eigenvalue weighted by molar-refractivity contribution is 1.13. The van der Waals surface area contributed by atoms with Gasteiger partial charge in [-0.2, -0.15) is 0 Å². The van der Waals surface area contributed by atoms with E-state index in [1.165, 1.54) is 17.0 Å². The van der Waals surface area contributed by atoms with E-state index in [2.05, 4.69) is 27.0 Å². The molecule has 0 bridgehead atoms. The van der Waals surface area contributed by atoms with Crippen molar-refractivity contribution >= 4 is 28.4 Å². The highest BCUT2D eigenvalue weighted by Crippen LogP contribution is 2.15. The summed E-state index contributed by atoms with van der Waals surface area (Å²) in [6.45, 7) is 0. The van der Waals surface area contributed by atoms with E-state index in [-0.39, 0.29) is 0 Å². The van der Waals surface area contributed by atoms with E-state index in [0.717, 1.165) is 10.7 Å². The van der Waals surface area contributed by atoms with Gasteiger partial charge in [-0.15, -0.1) is 11.3 Å². The SMILES string of the molecule is CN(C)c1ccc(/C=N/c2nccs2)cc1. The van der Waals surface area contributed by atoms with Gasteiger partial charge in [-0.05, 0) is 17.7 Å². The number of anilines is 1. The summed E-state index contributed by atoms with van der Waals surface area (Å²) in [6, 6.07) is 8.24. The summed E-state index contributed by atoms with van der Waals surface area (Å²) in [5.41, 5.74) is 2.27. The number of benzene rings is 1. The van der Waals surface area contributed by atoms with Crippen molar-refractivity contribution in [3.8, 4) is 0 Å². The molecule has 0 fully saturated rings. The van der Waals surface area contributed by atoms with Crippen molar-refractivity contribution in [3.63, 3.8) is 0 Å². The molecule has 0 N–H and O–H groups in total. The lowest BCUT2D eigenvalue weighted by atomic mass is 10.2. The summed E-state index contributed by atoms with van der Waals surface area (Å²) in [6.07, 6.45) is 3.59. The first-order chi connectivity index (χ1) is 7.75. The minimum Gasteiger partial charge on any atom is -0.378 e. The van der Waals surface area contributed by atoms with Crippen LogP contribution < -0.4 is 4.90 Å². The second-order valence-corrected chi connectivity index (χ2v) is 4.43. The van der Waals surface area contributed by atoms with Crippen LogP contribution in [0, 0.1) is 0 Å². The van der Waals surface area contributed by atoms with E-state index in [4.69, 9.17) is 0 Å². The van der Waals surface area contributed by atoms with Gasteiger partial charge in [0.15, 0.2) is 0 Å². The van der Waals surface area contributed by atoms with Crippen LogP contribution in [0.5, 0.6) is 0 Å². The first-order valence-corrected chi connectivity index (χ1v) is 5.84. The van der Waals surface area contributed by atoms with Crippen molar-refractivity contribution in [3.05, 3.63) is 41.4 Å². The minimum absolute atomic E-state index is 0.789. The number of aromatic nitrogens is 1. The molecule has 1 heterocycles. The van der Waals surface area contributed by atoms with E-state index in [1.807, 2.05) is 37.8 Å². The smallest absolute Gasteiger partial charge is 0.208 e. The average molecular weight is 231 g/mol. The molecule has 0 unspecified atom stereocenters. The molecule has 0 aliphatic rings. The second kappa shape index (κ2) is 4.90. The van der Waals surface area contributed by atoms with Crippen molar-refractivity contribution in [1.29, 1.82) is 0 Å². The Morgan fingerprint density at radius 1 is 1.25 bits per heavy atom. The number of nitrogens with zero attached hydrogens (tertiary/aromatic N) is 3. The quantitative estimate of drug-likeness (QED) is 0.760. The Bertz CT molecular complexity index is 458. The van der Waals surface area contributed by atoms with Gasteiger partial charge in [-0.1, -0.05) is 12.1 Å². The van der Waals surface area contributed by atoms with E-state index < -0.39 is 0 Å². The predicted octanol–water partition coefficient (Wildman–Crippen LogP) is 2.96. The Labute approximate surface area is 99.1 Å². The van der Waals surface area contributed by atoms with Crippen molar-refractivity contribution in [2.45, 2.75) is 0 Å². The van der Waals surface area contributed by atoms with Crippen LogP contribution in [0.15, 0.2) is 40.8 Å². The largest absolute Gasteiger partial charge is 0.378 e. The summed E-state index contributed by atoms with van der Waals surface area (Å²) in [5, 5.41) is 2.71. The van der Waals surface area contributed by atoms with Crippen LogP contribution in [0.3, 0.4) is 0 Å². The Balaban J connectivity index is 2.11. The van der Waals surface area contributed by atoms with E-state index >= 15 is 0 Å². The second-order valence-electron chi connectivity index (χ2n) is 3.56. The van der Waals surface area contributed by atoms with Gasteiger partial charge < -0.3 is 4.90 Å². The molecule has 1 aromatic carbocycles. The highest BCUT2D eigenvalue weighted by molar-refractivity contribution is 7.13. The van der Waals surface area contributed by atoms with Crippen LogP contribution in [-0.4, -0.2) is 25.3 Å². The highest BCUT2D eigenvalue weighted by Gasteiger charge is 1.94. The first kappa shape index (κ1) is 10.8. The van der Waals surface area contributed by atoms with Crippen molar-refractivity contribution < 1.29 is 0 Å². The first-order valence-electron chi connectivity index (χ1n) is 4.96. The third-order valence-corrected chi connectivity index (χ3v) is 2.83. The summed E-state index contributed by atoms with van der Waals surface area (Å²) >= 11 is 1.53. The van der Waals surface area contributed by atoms with E-state index in [0.29, 0.717) is 0 Å². The van der Waals surface area contributed by atoms with Crippen molar-refractivity contribution in [2.75, 3.05) is 19.0 Å². The summed E-state index contributed by atoms with van der Waals surface area (Å²) in [7, 11) is 4.05. The summed E-state index contributed by atoms with van der Waals surface area (Å²) < 4.78 is 0. The molecule has 0 aliphatic heterocycles. The lowest BCUT2D eigenvalue weighted by Crippen LogP contribution is -2.08. The zero-order valence-electron chi connectivity index (χ0n) is 9.29. The molecular weight excluding hydrogens is 218 g/mol. The molecule has 0 saturated carbocycles. The Hall–Kier alpha value is -1.68. The average Bonchev–Trinajstić information content (AvgIpc) is 2.80. The molecule has 1 aromatic heterocycles. The van der Waals surface area contributed by atoms with Gasteiger partial charge in [0.05, 0.1) is 0 Å². The number of hydrogen-bond acceptors (Lipinski definition) is 4. The monoisotopic (exact) mass is 231 g/mol. The summed E-state index contributed by atoms with van der Waals surface area (Å²) in [4.78, 5) is 10.4. The normalized spacial score (nSPS) is 10.9. The molecule has 0 spiro atoms. The number of hydrogen-bond donors (Lipinski definition) is 0. The maximum Gasteiger partial charge on any atom is 0.208 e. The highest BCUT2D eigenvalue weighted by atomic mass is 32.1. The fraction of sp³-hybridized carbons (Fsp3) is 0.167. The number of rotatable bonds is 3. The molecule has 16 heavy (non-hydrogen) atoms. The third kappa shape index (κ3) is 2.67. The maximum absolute atomic E-state index is 4.28. The van der Waals surface area contributed by atoms with E-state index in [1.54, 1.807) is 6.20 Å².